The molecule has 3 aromatic carbocycles. The highest BCUT2D eigenvalue weighted by Gasteiger charge is 2.19. The van der Waals surface area contributed by atoms with E-state index in [0.29, 0.717) is 22.8 Å². The first kappa shape index (κ1) is 22.2. The highest BCUT2D eigenvalue weighted by Crippen LogP contribution is 2.21. The lowest BCUT2D eigenvalue weighted by Gasteiger charge is -2.12. The molecule has 1 aromatic heterocycles. The summed E-state index contributed by atoms with van der Waals surface area (Å²) in [5.74, 6) is 0.0935. The normalized spacial score (nSPS) is 11.1. The van der Waals surface area contributed by atoms with Gasteiger partial charge in [0.25, 0.3) is 15.9 Å². The third kappa shape index (κ3) is 5.24. The fourth-order valence-corrected chi connectivity index (χ4v) is 4.26. The molecular weight excluding hydrogens is 436 g/mol. The van der Waals surface area contributed by atoms with Gasteiger partial charge in [-0.15, -0.1) is 0 Å². The molecule has 0 bridgehead atoms. The third-order valence-corrected chi connectivity index (χ3v) is 6.39. The summed E-state index contributed by atoms with van der Waals surface area (Å²) in [5, 5.41) is 2.73. The number of nitrogens with zero attached hydrogens (tertiary/aromatic N) is 2. The summed E-state index contributed by atoms with van der Waals surface area (Å²) >= 11 is 0. The number of anilines is 2. The Morgan fingerprint density at radius 1 is 0.818 bits per heavy atom. The zero-order chi connectivity index (χ0) is 23.4. The Kier molecular flexibility index (Phi) is 6.19. The first-order valence-corrected chi connectivity index (χ1v) is 11.7. The van der Waals surface area contributed by atoms with Crippen LogP contribution in [0, 0.1) is 13.8 Å². The topological polar surface area (TPSA) is 101 Å². The predicted molar refractivity (Wildman–Crippen MR) is 129 cm³/mol. The van der Waals surface area contributed by atoms with Crippen molar-refractivity contribution >= 4 is 27.3 Å². The SMILES string of the molecule is Cc1ccc(NS(=O)(=O)c2ccc(C)c(C(=O)Nc3cnc(-c4ccccc4)nc3)c2)cc1. The standard InChI is InChI=1S/C25H22N4O3S/c1-17-8-11-20(12-9-17)29-33(31,32)22-13-10-18(2)23(14-22)25(30)28-21-15-26-24(27-16-21)19-6-4-3-5-7-19/h3-16,29H,1-2H3,(H,28,30). The first-order chi connectivity index (χ1) is 15.8. The summed E-state index contributed by atoms with van der Waals surface area (Å²) in [6.45, 7) is 3.66. The van der Waals surface area contributed by atoms with E-state index >= 15 is 0 Å². The number of nitrogens with one attached hydrogen (secondary N) is 2. The van der Waals surface area contributed by atoms with Crippen molar-refractivity contribution in [3.05, 3.63) is 102 Å². The number of hydrogen-bond acceptors (Lipinski definition) is 5. The van der Waals surface area contributed by atoms with Crippen LogP contribution < -0.4 is 10.0 Å². The highest BCUT2D eigenvalue weighted by atomic mass is 32.2. The molecule has 166 valence electrons. The molecule has 0 aliphatic rings. The van der Waals surface area contributed by atoms with Gasteiger partial charge in [-0.05, 0) is 43.7 Å². The zero-order valence-electron chi connectivity index (χ0n) is 18.1. The Labute approximate surface area is 192 Å². The van der Waals surface area contributed by atoms with Crippen molar-refractivity contribution in [3.8, 4) is 11.4 Å². The van der Waals surface area contributed by atoms with Crippen LogP contribution in [-0.4, -0.2) is 24.3 Å². The highest BCUT2D eigenvalue weighted by molar-refractivity contribution is 7.92. The van der Waals surface area contributed by atoms with Crippen LogP contribution in [0.25, 0.3) is 11.4 Å². The lowest BCUT2D eigenvalue weighted by Crippen LogP contribution is -2.17. The van der Waals surface area contributed by atoms with Gasteiger partial charge >= 0.3 is 0 Å². The molecule has 2 N–H and O–H groups in total. The van der Waals surface area contributed by atoms with Crippen molar-refractivity contribution in [2.24, 2.45) is 0 Å². The van der Waals surface area contributed by atoms with E-state index in [9.17, 15) is 13.2 Å². The van der Waals surface area contributed by atoms with Crippen LogP contribution in [0.3, 0.4) is 0 Å². The Hall–Kier alpha value is -4.04. The van der Waals surface area contributed by atoms with E-state index in [2.05, 4.69) is 20.0 Å². The van der Waals surface area contributed by atoms with Gasteiger partial charge in [0.05, 0.1) is 23.0 Å². The molecule has 4 rings (SSSR count). The number of benzene rings is 3. The maximum atomic E-state index is 12.9. The van der Waals surface area contributed by atoms with Gasteiger partial charge in [-0.3, -0.25) is 9.52 Å². The van der Waals surface area contributed by atoms with Crippen molar-refractivity contribution in [1.29, 1.82) is 0 Å². The van der Waals surface area contributed by atoms with Crippen molar-refractivity contribution in [2.75, 3.05) is 10.0 Å². The minimum Gasteiger partial charge on any atom is -0.319 e. The number of aromatic nitrogens is 2. The average molecular weight is 459 g/mol. The maximum absolute atomic E-state index is 12.9. The van der Waals surface area contributed by atoms with E-state index in [1.165, 1.54) is 24.5 Å². The first-order valence-electron chi connectivity index (χ1n) is 10.2. The van der Waals surface area contributed by atoms with Gasteiger partial charge in [0, 0.05) is 16.8 Å². The zero-order valence-corrected chi connectivity index (χ0v) is 18.9. The maximum Gasteiger partial charge on any atom is 0.261 e. The molecule has 0 atom stereocenters. The molecule has 0 aliphatic heterocycles. The number of amides is 1. The minimum atomic E-state index is -3.86. The monoisotopic (exact) mass is 458 g/mol. The molecule has 0 spiro atoms. The quantitative estimate of drug-likeness (QED) is 0.432. The van der Waals surface area contributed by atoms with Crippen molar-refractivity contribution in [3.63, 3.8) is 0 Å². The van der Waals surface area contributed by atoms with Gasteiger partial charge in [-0.1, -0.05) is 54.1 Å². The van der Waals surface area contributed by atoms with Crippen molar-refractivity contribution in [2.45, 2.75) is 18.7 Å². The number of sulfonamides is 1. The fraction of sp³-hybridized carbons (Fsp3) is 0.0800. The molecular formula is C25H22N4O3S. The summed E-state index contributed by atoms with van der Waals surface area (Å²) in [4.78, 5) is 21.5. The van der Waals surface area contributed by atoms with Crippen LogP contribution in [0.5, 0.6) is 0 Å². The average Bonchev–Trinajstić information content (AvgIpc) is 2.81. The van der Waals surface area contributed by atoms with E-state index in [1.54, 1.807) is 25.1 Å². The van der Waals surface area contributed by atoms with Gasteiger partial charge in [0.1, 0.15) is 0 Å². The molecule has 0 saturated carbocycles. The largest absolute Gasteiger partial charge is 0.319 e. The van der Waals surface area contributed by atoms with Crippen LogP contribution in [0.4, 0.5) is 11.4 Å². The predicted octanol–water partition coefficient (Wildman–Crippen LogP) is 4.81. The van der Waals surface area contributed by atoms with Gasteiger partial charge in [-0.2, -0.15) is 0 Å². The van der Waals surface area contributed by atoms with Crippen LogP contribution in [-0.2, 0) is 10.0 Å². The summed E-state index contributed by atoms with van der Waals surface area (Å²) in [6.07, 6.45) is 3.03. The molecule has 0 fully saturated rings. The lowest BCUT2D eigenvalue weighted by molar-refractivity contribution is 0.102. The second kappa shape index (κ2) is 9.22. The molecule has 0 aliphatic carbocycles. The Bertz CT molecular complexity index is 1390. The number of aryl methyl sites for hydroxylation is 2. The Balaban J connectivity index is 1.53. The molecule has 0 saturated heterocycles. The summed E-state index contributed by atoms with van der Waals surface area (Å²) in [6, 6.07) is 20.9. The fourth-order valence-electron chi connectivity index (χ4n) is 3.18. The molecule has 33 heavy (non-hydrogen) atoms. The molecule has 4 aromatic rings. The number of hydrogen-bond donors (Lipinski definition) is 2. The summed E-state index contributed by atoms with van der Waals surface area (Å²) in [5.41, 5.74) is 3.63. The van der Waals surface area contributed by atoms with Crippen LogP contribution in [0.2, 0.25) is 0 Å². The van der Waals surface area contributed by atoms with Crippen molar-refractivity contribution < 1.29 is 13.2 Å². The molecule has 1 heterocycles. The molecule has 0 unspecified atom stereocenters. The number of carbonyl (C=O) groups excluding carboxylic acids is 1. The molecule has 8 heteroatoms. The number of rotatable bonds is 6. The van der Waals surface area contributed by atoms with Gasteiger partial charge in [0.2, 0.25) is 0 Å². The minimum absolute atomic E-state index is 0.00509. The number of carbonyl (C=O) groups is 1. The smallest absolute Gasteiger partial charge is 0.261 e. The summed E-state index contributed by atoms with van der Waals surface area (Å²) < 4.78 is 28.2. The molecule has 7 nitrogen and oxygen atoms in total. The lowest BCUT2D eigenvalue weighted by atomic mass is 10.1. The van der Waals surface area contributed by atoms with Gasteiger partial charge < -0.3 is 5.32 Å². The van der Waals surface area contributed by atoms with E-state index in [0.717, 1.165) is 11.1 Å². The van der Waals surface area contributed by atoms with Crippen LogP contribution in [0.15, 0.2) is 90.1 Å². The Morgan fingerprint density at radius 2 is 1.48 bits per heavy atom. The van der Waals surface area contributed by atoms with E-state index in [4.69, 9.17) is 0 Å². The van der Waals surface area contributed by atoms with Crippen LogP contribution >= 0.6 is 0 Å². The third-order valence-electron chi connectivity index (χ3n) is 5.01. The molecule has 0 radical (unpaired) electrons. The Morgan fingerprint density at radius 3 is 2.15 bits per heavy atom. The van der Waals surface area contributed by atoms with E-state index in [-0.39, 0.29) is 10.5 Å². The second-order valence-electron chi connectivity index (χ2n) is 7.56. The van der Waals surface area contributed by atoms with Gasteiger partial charge in [-0.25, -0.2) is 18.4 Å². The van der Waals surface area contributed by atoms with Gasteiger partial charge in [0.15, 0.2) is 5.82 Å². The van der Waals surface area contributed by atoms with Crippen molar-refractivity contribution in [1.82, 2.24) is 9.97 Å². The summed E-state index contributed by atoms with van der Waals surface area (Å²) in [7, 11) is -3.86. The molecule has 1 amide bonds. The van der Waals surface area contributed by atoms with E-state index in [1.807, 2.05) is 49.4 Å². The van der Waals surface area contributed by atoms with Crippen LogP contribution in [0.1, 0.15) is 21.5 Å². The van der Waals surface area contributed by atoms with E-state index < -0.39 is 15.9 Å². The second-order valence-corrected chi connectivity index (χ2v) is 9.25.